The van der Waals surface area contributed by atoms with Crippen LogP contribution in [0.25, 0.3) is 27.7 Å². The molecule has 9 nitrogen and oxygen atoms in total. The lowest BCUT2D eigenvalue weighted by molar-refractivity contribution is -0.0925. The molecule has 0 bridgehead atoms. The Kier molecular flexibility index (Phi) is 4.69. The second-order valence-electron chi connectivity index (χ2n) is 7.99. The van der Waals surface area contributed by atoms with Crippen molar-refractivity contribution in [3.05, 3.63) is 30.5 Å². The molecule has 0 aliphatic carbocycles. The van der Waals surface area contributed by atoms with E-state index in [1.807, 2.05) is 18.3 Å². The molecular formula is C20H21F2N7O2. The average Bonchev–Trinajstić information content (AvgIpc) is 3.34. The zero-order valence-corrected chi connectivity index (χ0v) is 17.0. The molecule has 31 heavy (non-hydrogen) atoms. The number of hydrogen-bond acceptors (Lipinski definition) is 7. The fraction of sp³-hybridized carbons (Fsp3) is 0.400. The summed E-state index contributed by atoms with van der Waals surface area (Å²) in [7, 11) is 1.55. The Morgan fingerprint density at radius 3 is 2.84 bits per heavy atom. The molecule has 0 spiro atoms. The second-order valence-corrected chi connectivity index (χ2v) is 7.99. The van der Waals surface area contributed by atoms with E-state index >= 15 is 0 Å². The van der Waals surface area contributed by atoms with E-state index in [0.29, 0.717) is 48.1 Å². The van der Waals surface area contributed by atoms with Crippen molar-refractivity contribution in [3.63, 3.8) is 0 Å². The van der Waals surface area contributed by atoms with Crippen molar-refractivity contribution in [2.24, 2.45) is 5.41 Å². The second kappa shape index (κ2) is 7.41. The summed E-state index contributed by atoms with van der Waals surface area (Å²) in [5.41, 5.74) is 3.45. The summed E-state index contributed by atoms with van der Waals surface area (Å²) in [5.74, 6) is 0.862. The number of methoxy groups -OCH3 is 1. The van der Waals surface area contributed by atoms with Crippen molar-refractivity contribution in [3.8, 4) is 17.0 Å². The standard InChI is InChI=1S/C20H21F2N7O2/c1-20(10-31-11-20)9-23-19-24-18(30-2)17-13(5-6-28(17)26-19)12-3-4-14-15(7-12)29(27-25-14)8-16(21)22/h3-7,16H,8-11H2,1-2H3,(H,23,26). The molecule has 0 amide bonds. The molecule has 1 aromatic carbocycles. The van der Waals surface area contributed by atoms with Gasteiger partial charge in [0, 0.05) is 23.7 Å². The number of anilines is 1. The predicted octanol–water partition coefficient (Wildman–Crippen LogP) is 2.86. The molecule has 1 saturated heterocycles. The van der Waals surface area contributed by atoms with Gasteiger partial charge in [0.25, 0.3) is 6.43 Å². The number of alkyl halides is 2. The van der Waals surface area contributed by atoms with Crippen LogP contribution in [0.1, 0.15) is 6.92 Å². The summed E-state index contributed by atoms with van der Waals surface area (Å²) in [4.78, 5) is 4.51. The predicted molar refractivity (Wildman–Crippen MR) is 109 cm³/mol. The molecule has 4 heterocycles. The highest BCUT2D eigenvalue weighted by atomic mass is 19.3. The zero-order valence-electron chi connectivity index (χ0n) is 17.0. The molecule has 0 atom stereocenters. The van der Waals surface area contributed by atoms with Crippen LogP contribution < -0.4 is 10.1 Å². The van der Waals surface area contributed by atoms with Crippen molar-refractivity contribution < 1.29 is 18.3 Å². The number of ether oxygens (including phenoxy) is 2. The summed E-state index contributed by atoms with van der Waals surface area (Å²) in [6, 6.07) is 7.30. The highest BCUT2D eigenvalue weighted by molar-refractivity contribution is 5.89. The Bertz CT molecular complexity index is 1250. The Labute approximate surface area is 176 Å². The lowest BCUT2D eigenvalue weighted by Crippen LogP contribution is -2.45. The SMILES string of the molecule is COc1nc(NCC2(C)COC2)nn2ccc(-c3ccc4nnn(CC(F)F)c4c3)c12. The van der Waals surface area contributed by atoms with Gasteiger partial charge in [-0.2, -0.15) is 4.98 Å². The molecule has 5 rings (SSSR count). The molecule has 0 saturated carbocycles. The highest BCUT2D eigenvalue weighted by Crippen LogP contribution is 2.33. The summed E-state index contributed by atoms with van der Waals surface area (Å²) in [5, 5.41) is 15.6. The number of rotatable bonds is 7. The molecule has 3 aromatic heterocycles. The van der Waals surface area contributed by atoms with E-state index in [1.54, 1.807) is 23.8 Å². The zero-order chi connectivity index (χ0) is 21.6. The van der Waals surface area contributed by atoms with Gasteiger partial charge < -0.3 is 14.8 Å². The first-order chi connectivity index (χ1) is 15.0. The monoisotopic (exact) mass is 429 g/mol. The Morgan fingerprint density at radius 1 is 1.29 bits per heavy atom. The van der Waals surface area contributed by atoms with Crippen molar-refractivity contribution in [2.75, 3.05) is 32.2 Å². The lowest BCUT2D eigenvalue weighted by atomic mass is 9.89. The summed E-state index contributed by atoms with van der Waals surface area (Å²) >= 11 is 0. The molecule has 1 N–H and O–H groups in total. The topological polar surface area (TPSA) is 91.4 Å². The average molecular weight is 429 g/mol. The fourth-order valence-electron chi connectivity index (χ4n) is 3.69. The minimum absolute atomic E-state index is 0.0675. The first-order valence-corrected chi connectivity index (χ1v) is 9.82. The van der Waals surface area contributed by atoms with Crippen LogP contribution in [0.3, 0.4) is 0 Å². The number of fused-ring (bicyclic) bond motifs is 2. The molecule has 1 aliphatic rings. The van der Waals surface area contributed by atoms with Gasteiger partial charge in [0.2, 0.25) is 11.8 Å². The van der Waals surface area contributed by atoms with E-state index in [1.165, 1.54) is 4.68 Å². The van der Waals surface area contributed by atoms with Crippen molar-refractivity contribution in [1.29, 1.82) is 0 Å². The molecule has 0 unspecified atom stereocenters. The van der Waals surface area contributed by atoms with Crippen LogP contribution in [0.15, 0.2) is 30.5 Å². The highest BCUT2D eigenvalue weighted by Gasteiger charge is 2.33. The summed E-state index contributed by atoms with van der Waals surface area (Å²) < 4.78 is 39.5. The number of hydrogen-bond donors (Lipinski definition) is 1. The van der Waals surface area contributed by atoms with Crippen molar-refractivity contribution in [2.45, 2.75) is 19.9 Å². The van der Waals surface area contributed by atoms with Gasteiger partial charge in [-0.05, 0) is 23.8 Å². The maximum Gasteiger partial charge on any atom is 0.258 e. The van der Waals surface area contributed by atoms with E-state index in [4.69, 9.17) is 9.47 Å². The van der Waals surface area contributed by atoms with Crippen LogP contribution in [0, 0.1) is 5.41 Å². The van der Waals surface area contributed by atoms with E-state index in [0.717, 1.165) is 11.1 Å². The maximum absolute atomic E-state index is 12.9. The van der Waals surface area contributed by atoms with Gasteiger partial charge in [-0.1, -0.05) is 18.2 Å². The van der Waals surface area contributed by atoms with E-state index in [9.17, 15) is 8.78 Å². The van der Waals surface area contributed by atoms with Crippen LogP contribution in [0.4, 0.5) is 14.7 Å². The van der Waals surface area contributed by atoms with E-state index < -0.39 is 13.0 Å². The van der Waals surface area contributed by atoms with Crippen LogP contribution in [0.5, 0.6) is 5.88 Å². The van der Waals surface area contributed by atoms with E-state index in [-0.39, 0.29) is 5.41 Å². The largest absolute Gasteiger partial charge is 0.479 e. The molecular weight excluding hydrogens is 408 g/mol. The molecule has 1 aliphatic heterocycles. The number of halogens is 2. The Hall–Kier alpha value is -3.34. The summed E-state index contributed by atoms with van der Waals surface area (Å²) in [6.07, 6.45) is -0.704. The minimum Gasteiger partial charge on any atom is -0.479 e. The van der Waals surface area contributed by atoms with Crippen LogP contribution >= 0.6 is 0 Å². The van der Waals surface area contributed by atoms with Crippen LogP contribution in [-0.4, -0.2) is 62.9 Å². The smallest absolute Gasteiger partial charge is 0.258 e. The third kappa shape index (κ3) is 3.54. The molecule has 11 heteroatoms. The van der Waals surface area contributed by atoms with Crippen molar-refractivity contribution >= 4 is 22.5 Å². The van der Waals surface area contributed by atoms with Crippen molar-refractivity contribution in [1.82, 2.24) is 29.6 Å². The third-order valence-electron chi connectivity index (χ3n) is 5.38. The van der Waals surface area contributed by atoms with Gasteiger partial charge in [0.15, 0.2) is 0 Å². The van der Waals surface area contributed by atoms with Crippen LogP contribution in [0.2, 0.25) is 0 Å². The maximum atomic E-state index is 12.9. The van der Waals surface area contributed by atoms with Gasteiger partial charge in [-0.3, -0.25) is 0 Å². The number of aromatic nitrogens is 6. The third-order valence-corrected chi connectivity index (χ3v) is 5.38. The molecule has 4 aromatic rings. The first kappa shape index (κ1) is 19.6. The molecule has 1 fully saturated rings. The van der Waals surface area contributed by atoms with E-state index in [2.05, 4.69) is 32.6 Å². The Morgan fingerprint density at radius 2 is 2.13 bits per heavy atom. The van der Waals surface area contributed by atoms with Crippen LogP contribution in [-0.2, 0) is 11.3 Å². The lowest BCUT2D eigenvalue weighted by Gasteiger charge is -2.37. The van der Waals surface area contributed by atoms with Gasteiger partial charge >= 0.3 is 0 Å². The number of nitrogens with one attached hydrogen (secondary N) is 1. The summed E-state index contributed by atoms with van der Waals surface area (Å²) in [6.45, 7) is 3.71. The van der Waals surface area contributed by atoms with Gasteiger partial charge in [0.05, 0.1) is 25.8 Å². The molecule has 162 valence electrons. The van der Waals surface area contributed by atoms with Gasteiger partial charge in [0.1, 0.15) is 17.6 Å². The minimum atomic E-state index is -2.52. The fourth-order valence-corrected chi connectivity index (χ4v) is 3.69. The quantitative estimate of drug-likeness (QED) is 0.483. The first-order valence-electron chi connectivity index (χ1n) is 9.82. The molecule has 0 radical (unpaired) electrons. The number of nitrogens with zero attached hydrogens (tertiary/aromatic N) is 6. The van der Waals surface area contributed by atoms with Gasteiger partial charge in [-0.25, -0.2) is 18.0 Å². The Balaban J connectivity index is 1.53. The normalized spacial score (nSPS) is 15.5. The van der Waals surface area contributed by atoms with Gasteiger partial charge in [-0.15, -0.1) is 10.2 Å². The number of benzene rings is 1.